The van der Waals surface area contributed by atoms with Gasteiger partial charge in [0.15, 0.2) is 0 Å². The van der Waals surface area contributed by atoms with Gasteiger partial charge in [0, 0.05) is 0 Å². The molecule has 0 saturated heterocycles. The summed E-state index contributed by atoms with van der Waals surface area (Å²) < 4.78 is 0. The number of carboxylic acids is 1. The van der Waals surface area contributed by atoms with E-state index in [4.69, 9.17) is 5.11 Å². The van der Waals surface area contributed by atoms with Crippen molar-refractivity contribution >= 4 is 5.97 Å². The smallest absolute Gasteiger partial charge is 0.309 e. The van der Waals surface area contributed by atoms with Gasteiger partial charge in [-0.3, -0.25) is 4.79 Å². The van der Waals surface area contributed by atoms with Gasteiger partial charge in [-0.2, -0.15) is 0 Å². The van der Waals surface area contributed by atoms with Gasteiger partial charge in [0.2, 0.25) is 0 Å². The first-order valence-electron chi connectivity index (χ1n) is 4.99. The van der Waals surface area contributed by atoms with Crippen LogP contribution in [-0.4, -0.2) is 22.3 Å². The van der Waals surface area contributed by atoms with Gasteiger partial charge in [-0.05, 0) is 25.3 Å². The summed E-state index contributed by atoms with van der Waals surface area (Å²) in [6.45, 7) is 7.39. The Labute approximate surface area is 85.4 Å². The highest BCUT2D eigenvalue weighted by atomic mass is 16.4. The van der Waals surface area contributed by atoms with Crippen molar-refractivity contribution in [1.82, 2.24) is 0 Å². The minimum Gasteiger partial charge on any atom is -0.481 e. The van der Waals surface area contributed by atoms with Crippen molar-refractivity contribution in [2.24, 2.45) is 11.8 Å². The molecule has 0 heterocycles. The standard InChI is InChI=1S/C11H20O3/c1-5-7(2)6-8(3)10(12)9(4)11(13)14/h6-7,9-10,12H,5H2,1-4H3,(H,13,14)/b8-6+/t7-,9-,10-/m1/s1. The molecular formula is C11H20O3. The molecular weight excluding hydrogens is 180 g/mol. The highest BCUT2D eigenvalue weighted by Crippen LogP contribution is 2.15. The summed E-state index contributed by atoms with van der Waals surface area (Å²) in [7, 11) is 0. The maximum atomic E-state index is 10.6. The molecule has 2 N–H and O–H groups in total. The monoisotopic (exact) mass is 200 g/mol. The predicted molar refractivity (Wildman–Crippen MR) is 56.0 cm³/mol. The number of carbonyl (C=O) groups is 1. The lowest BCUT2D eigenvalue weighted by atomic mass is 9.95. The van der Waals surface area contributed by atoms with E-state index in [1.54, 1.807) is 6.92 Å². The van der Waals surface area contributed by atoms with E-state index in [1.807, 2.05) is 13.0 Å². The summed E-state index contributed by atoms with van der Waals surface area (Å²) in [6, 6.07) is 0. The zero-order valence-electron chi connectivity index (χ0n) is 9.32. The van der Waals surface area contributed by atoms with Gasteiger partial charge in [0.05, 0.1) is 12.0 Å². The van der Waals surface area contributed by atoms with E-state index in [0.717, 1.165) is 12.0 Å². The van der Waals surface area contributed by atoms with E-state index in [9.17, 15) is 9.90 Å². The van der Waals surface area contributed by atoms with Gasteiger partial charge >= 0.3 is 5.97 Å². The lowest BCUT2D eigenvalue weighted by Crippen LogP contribution is -2.26. The number of hydrogen-bond acceptors (Lipinski definition) is 2. The molecule has 0 spiro atoms. The third kappa shape index (κ3) is 3.92. The van der Waals surface area contributed by atoms with E-state index >= 15 is 0 Å². The molecule has 82 valence electrons. The fourth-order valence-corrected chi connectivity index (χ4v) is 1.19. The van der Waals surface area contributed by atoms with Crippen molar-refractivity contribution in [2.45, 2.75) is 40.2 Å². The molecule has 3 nitrogen and oxygen atoms in total. The van der Waals surface area contributed by atoms with Crippen molar-refractivity contribution in [3.63, 3.8) is 0 Å². The quantitative estimate of drug-likeness (QED) is 0.668. The lowest BCUT2D eigenvalue weighted by molar-refractivity contribution is -0.143. The van der Waals surface area contributed by atoms with Crippen LogP contribution in [0.2, 0.25) is 0 Å². The van der Waals surface area contributed by atoms with Crippen LogP contribution in [0.25, 0.3) is 0 Å². The Morgan fingerprint density at radius 3 is 2.29 bits per heavy atom. The first-order valence-corrected chi connectivity index (χ1v) is 4.99. The molecule has 0 saturated carbocycles. The van der Waals surface area contributed by atoms with Crippen LogP contribution in [0.5, 0.6) is 0 Å². The van der Waals surface area contributed by atoms with E-state index < -0.39 is 18.0 Å². The molecule has 0 radical (unpaired) electrons. The molecule has 0 unspecified atom stereocenters. The SMILES string of the molecule is CC[C@@H](C)/C=C(\C)[C@@H](O)[C@@H](C)C(=O)O. The second kappa shape index (κ2) is 5.81. The molecule has 0 aromatic rings. The first-order chi connectivity index (χ1) is 6.40. The highest BCUT2D eigenvalue weighted by molar-refractivity contribution is 5.70. The number of hydrogen-bond donors (Lipinski definition) is 2. The average Bonchev–Trinajstić information content (AvgIpc) is 2.14. The summed E-state index contributed by atoms with van der Waals surface area (Å²) in [6.07, 6.45) is 2.05. The normalized spacial score (nSPS) is 18.8. The molecule has 0 bridgehead atoms. The number of aliphatic hydroxyl groups excluding tert-OH is 1. The highest BCUT2D eigenvalue weighted by Gasteiger charge is 2.22. The molecule has 0 aromatic carbocycles. The molecule has 14 heavy (non-hydrogen) atoms. The minimum absolute atomic E-state index is 0.380. The van der Waals surface area contributed by atoms with Crippen molar-refractivity contribution in [3.05, 3.63) is 11.6 Å². The Morgan fingerprint density at radius 1 is 1.43 bits per heavy atom. The Bertz CT molecular complexity index is 221. The van der Waals surface area contributed by atoms with Gasteiger partial charge < -0.3 is 10.2 Å². The maximum Gasteiger partial charge on any atom is 0.309 e. The van der Waals surface area contributed by atoms with Gasteiger partial charge in [-0.1, -0.05) is 26.3 Å². The third-order valence-corrected chi connectivity index (χ3v) is 2.52. The summed E-state index contributed by atoms with van der Waals surface area (Å²) in [5.74, 6) is -1.32. The number of rotatable bonds is 5. The number of aliphatic carboxylic acids is 1. The second-order valence-corrected chi connectivity index (χ2v) is 3.87. The number of aliphatic hydroxyl groups is 1. The topological polar surface area (TPSA) is 57.5 Å². The van der Waals surface area contributed by atoms with Crippen LogP contribution < -0.4 is 0 Å². The van der Waals surface area contributed by atoms with E-state index in [1.165, 1.54) is 6.92 Å². The predicted octanol–water partition coefficient (Wildman–Crippen LogP) is 2.06. The molecule has 3 atom stereocenters. The third-order valence-electron chi connectivity index (χ3n) is 2.52. The van der Waals surface area contributed by atoms with Crippen molar-refractivity contribution in [3.8, 4) is 0 Å². The number of allylic oxidation sites excluding steroid dienone is 1. The molecule has 3 heteroatoms. The minimum atomic E-state index is -0.964. The van der Waals surface area contributed by atoms with Crippen molar-refractivity contribution in [1.29, 1.82) is 0 Å². The second-order valence-electron chi connectivity index (χ2n) is 3.87. The molecule has 0 aliphatic carbocycles. The Balaban J connectivity index is 4.45. The van der Waals surface area contributed by atoms with Crippen LogP contribution >= 0.6 is 0 Å². The summed E-state index contributed by atoms with van der Waals surface area (Å²) >= 11 is 0. The molecule has 0 aliphatic rings. The Kier molecular flexibility index (Phi) is 5.46. The van der Waals surface area contributed by atoms with Gasteiger partial charge in [0.25, 0.3) is 0 Å². The molecule has 0 amide bonds. The Morgan fingerprint density at radius 2 is 1.93 bits per heavy atom. The van der Waals surface area contributed by atoms with Crippen LogP contribution in [0.4, 0.5) is 0 Å². The zero-order chi connectivity index (χ0) is 11.3. The summed E-state index contributed by atoms with van der Waals surface area (Å²) in [5.41, 5.74) is 0.745. The largest absolute Gasteiger partial charge is 0.481 e. The first kappa shape index (κ1) is 13.2. The van der Waals surface area contributed by atoms with Gasteiger partial charge in [0.1, 0.15) is 0 Å². The van der Waals surface area contributed by atoms with Crippen LogP contribution in [0.3, 0.4) is 0 Å². The van der Waals surface area contributed by atoms with Gasteiger partial charge in [-0.25, -0.2) is 0 Å². The summed E-state index contributed by atoms with van der Waals surface area (Å²) in [4.78, 5) is 10.6. The van der Waals surface area contributed by atoms with Crippen molar-refractivity contribution in [2.75, 3.05) is 0 Å². The van der Waals surface area contributed by atoms with Crippen LogP contribution in [0.1, 0.15) is 34.1 Å². The fraction of sp³-hybridized carbons (Fsp3) is 0.727. The molecule has 0 aromatic heterocycles. The van der Waals surface area contributed by atoms with Crippen LogP contribution in [0, 0.1) is 11.8 Å². The molecule has 0 rings (SSSR count). The fourth-order valence-electron chi connectivity index (χ4n) is 1.19. The van der Waals surface area contributed by atoms with Gasteiger partial charge in [-0.15, -0.1) is 0 Å². The average molecular weight is 200 g/mol. The molecule has 0 aliphatic heterocycles. The van der Waals surface area contributed by atoms with Crippen LogP contribution in [-0.2, 0) is 4.79 Å². The zero-order valence-corrected chi connectivity index (χ0v) is 9.32. The van der Waals surface area contributed by atoms with E-state index in [2.05, 4.69) is 6.92 Å². The Hall–Kier alpha value is -0.830. The number of carboxylic acid groups (broad SMARTS) is 1. The maximum absolute atomic E-state index is 10.6. The van der Waals surface area contributed by atoms with Crippen LogP contribution in [0.15, 0.2) is 11.6 Å². The van der Waals surface area contributed by atoms with Crippen molar-refractivity contribution < 1.29 is 15.0 Å². The molecule has 0 fully saturated rings. The lowest BCUT2D eigenvalue weighted by Gasteiger charge is -2.16. The summed E-state index contributed by atoms with van der Waals surface area (Å²) in [5, 5.41) is 18.4. The van der Waals surface area contributed by atoms with E-state index in [-0.39, 0.29) is 0 Å². The van der Waals surface area contributed by atoms with E-state index in [0.29, 0.717) is 5.92 Å².